The first-order valence-electron chi connectivity index (χ1n) is 6.85. The number of hydrogen-bond acceptors (Lipinski definition) is 3. The molecule has 0 spiro atoms. The summed E-state index contributed by atoms with van der Waals surface area (Å²) >= 11 is 0. The van der Waals surface area contributed by atoms with E-state index in [4.69, 9.17) is 9.84 Å². The SMILES string of the molecule is O=C(O)[C@H]1C2CCN(C(=O)OCc3ccccc3)CC21. The van der Waals surface area contributed by atoms with Crippen molar-refractivity contribution in [3.63, 3.8) is 0 Å². The van der Waals surface area contributed by atoms with E-state index in [1.807, 2.05) is 30.3 Å². The number of carbonyl (C=O) groups excluding carboxylic acids is 1. The maximum Gasteiger partial charge on any atom is 0.410 e. The van der Waals surface area contributed by atoms with Gasteiger partial charge in [-0.2, -0.15) is 0 Å². The zero-order chi connectivity index (χ0) is 14.1. The molecule has 0 radical (unpaired) electrons. The van der Waals surface area contributed by atoms with Gasteiger partial charge in [-0.3, -0.25) is 4.79 Å². The number of piperidine rings is 1. The molecule has 1 aromatic carbocycles. The predicted octanol–water partition coefficient (Wildman–Crippen LogP) is 1.98. The Labute approximate surface area is 117 Å². The van der Waals surface area contributed by atoms with Crippen molar-refractivity contribution in [3.05, 3.63) is 35.9 Å². The topological polar surface area (TPSA) is 66.8 Å². The lowest BCUT2D eigenvalue weighted by Gasteiger charge is -2.25. The molecule has 1 N–H and O–H groups in total. The minimum absolute atomic E-state index is 0.116. The highest BCUT2D eigenvalue weighted by atomic mass is 16.6. The second-order valence-electron chi connectivity index (χ2n) is 5.47. The lowest BCUT2D eigenvalue weighted by Crippen LogP contribution is -2.37. The Kier molecular flexibility index (Phi) is 3.34. The van der Waals surface area contributed by atoms with Crippen LogP contribution in [0.4, 0.5) is 4.79 Å². The fourth-order valence-electron chi connectivity index (χ4n) is 3.08. The largest absolute Gasteiger partial charge is 0.481 e. The zero-order valence-corrected chi connectivity index (χ0v) is 11.1. The van der Waals surface area contributed by atoms with E-state index in [1.54, 1.807) is 4.90 Å². The number of amides is 1. The van der Waals surface area contributed by atoms with Gasteiger partial charge in [0.2, 0.25) is 0 Å². The molecule has 1 saturated carbocycles. The highest BCUT2D eigenvalue weighted by Crippen LogP contribution is 2.51. The number of nitrogens with zero attached hydrogens (tertiary/aromatic N) is 1. The normalized spacial score (nSPS) is 27.6. The van der Waals surface area contributed by atoms with Crippen LogP contribution in [0, 0.1) is 17.8 Å². The molecule has 1 aliphatic carbocycles. The van der Waals surface area contributed by atoms with Crippen LogP contribution in [-0.2, 0) is 16.1 Å². The predicted molar refractivity (Wildman–Crippen MR) is 70.9 cm³/mol. The van der Waals surface area contributed by atoms with Gasteiger partial charge in [0.1, 0.15) is 6.61 Å². The Bertz CT molecular complexity index is 516. The van der Waals surface area contributed by atoms with Crippen molar-refractivity contribution in [3.8, 4) is 0 Å². The number of hydrogen-bond donors (Lipinski definition) is 1. The van der Waals surface area contributed by atoms with Crippen LogP contribution in [-0.4, -0.2) is 35.2 Å². The molecule has 0 bridgehead atoms. The molecule has 2 fully saturated rings. The van der Waals surface area contributed by atoms with Crippen LogP contribution in [0.5, 0.6) is 0 Å². The lowest BCUT2D eigenvalue weighted by atomic mass is 10.1. The number of ether oxygens (including phenoxy) is 1. The first kappa shape index (κ1) is 13.0. The Morgan fingerprint density at radius 1 is 1.25 bits per heavy atom. The molecule has 1 heterocycles. The van der Waals surface area contributed by atoms with E-state index in [1.165, 1.54) is 0 Å². The average Bonchev–Trinajstić information content (AvgIpc) is 3.19. The standard InChI is InChI=1S/C15H17NO4/c17-14(18)13-11-6-7-16(8-12(11)13)15(19)20-9-10-4-2-1-3-5-10/h1-5,11-13H,6-9H2,(H,17,18)/t11?,12?,13-/m0/s1. The van der Waals surface area contributed by atoms with E-state index in [2.05, 4.69) is 0 Å². The summed E-state index contributed by atoms with van der Waals surface area (Å²) in [6.07, 6.45) is 0.422. The summed E-state index contributed by atoms with van der Waals surface area (Å²) < 4.78 is 5.27. The van der Waals surface area contributed by atoms with Gasteiger partial charge in [-0.05, 0) is 23.8 Å². The number of rotatable bonds is 3. The molecule has 20 heavy (non-hydrogen) atoms. The molecular weight excluding hydrogens is 258 g/mol. The fourth-order valence-corrected chi connectivity index (χ4v) is 3.08. The number of carbonyl (C=O) groups is 2. The lowest BCUT2D eigenvalue weighted by molar-refractivity contribution is -0.139. The molecular formula is C15H17NO4. The second-order valence-corrected chi connectivity index (χ2v) is 5.47. The van der Waals surface area contributed by atoms with E-state index in [0.717, 1.165) is 12.0 Å². The van der Waals surface area contributed by atoms with E-state index in [0.29, 0.717) is 13.1 Å². The van der Waals surface area contributed by atoms with E-state index in [9.17, 15) is 9.59 Å². The van der Waals surface area contributed by atoms with E-state index < -0.39 is 5.97 Å². The number of fused-ring (bicyclic) bond motifs is 1. The fraction of sp³-hybridized carbons (Fsp3) is 0.467. The third-order valence-corrected chi connectivity index (χ3v) is 4.24. The Morgan fingerprint density at radius 2 is 2.00 bits per heavy atom. The summed E-state index contributed by atoms with van der Waals surface area (Å²) in [5.74, 6) is -0.627. The number of carboxylic acid groups (broad SMARTS) is 1. The van der Waals surface area contributed by atoms with Gasteiger partial charge in [-0.15, -0.1) is 0 Å². The van der Waals surface area contributed by atoms with Gasteiger partial charge in [-0.1, -0.05) is 30.3 Å². The zero-order valence-electron chi connectivity index (χ0n) is 11.1. The smallest absolute Gasteiger partial charge is 0.410 e. The molecule has 5 nitrogen and oxygen atoms in total. The maximum absolute atomic E-state index is 12.0. The Balaban J connectivity index is 1.50. The minimum Gasteiger partial charge on any atom is -0.481 e. The van der Waals surface area contributed by atoms with Gasteiger partial charge in [0.25, 0.3) is 0 Å². The van der Waals surface area contributed by atoms with Crippen molar-refractivity contribution in [2.45, 2.75) is 13.0 Å². The van der Waals surface area contributed by atoms with Crippen molar-refractivity contribution >= 4 is 12.1 Å². The summed E-state index contributed by atoms with van der Waals surface area (Å²) in [6.45, 7) is 1.36. The quantitative estimate of drug-likeness (QED) is 0.916. The molecule has 3 atom stereocenters. The van der Waals surface area contributed by atoms with Crippen LogP contribution in [0.15, 0.2) is 30.3 Å². The van der Waals surface area contributed by atoms with E-state index >= 15 is 0 Å². The van der Waals surface area contributed by atoms with Crippen LogP contribution in [0.25, 0.3) is 0 Å². The maximum atomic E-state index is 12.0. The summed E-state index contributed by atoms with van der Waals surface area (Å²) in [7, 11) is 0. The van der Waals surface area contributed by atoms with Crippen LogP contribution in [0.2, 0.25) is 0 Å². The number of carboxylic acids is 1. The van der Waals surface area contributed by atoms with Crippen molar-refractivity contribution < 1.29 is 19.4 Å². The molecule has 1 amide bonds. The molecule has 3 rings (SSSR count). The third-order valence-electron chi connectivity index (χ3n) is 4.24. The van der Waals surface area contributed by atoms with Gasteiger partial charge < -0.3 is 14.7 Å². The Morgan fingerprint density at radius 3 is 2.70 bits per heavy atom. The Hall–Kier alpha value is -2.04. The first-order chi connectivity index (χ1) is 9.66. The summed E-state index contributed by atoms with van der Waals surface area (Å²) in [4.78, 5) is 24.6. The third kappa shape index (κ3) is 2.48. The molecule has 0 aromatic heterocycles. The minimum atomic E-state index is -0.737. The van der Waals surface area contributed by atoms with Crippen LogP contribution in [0.3, 0.4) is 0 Å². The number of benzene rings is 1. The van der Waals surface area contributed by atoms with Crippen LogP contribution in [0.1, 0.15) is 12.0 Å². The molecule has 1 aromatic rings. The highest BCUT2D eigenvalue weighted by molar-refractivity contribution is 5.75. The molecule has 5 heteroatoms. The molecule has 106 valence electrons. The van der Waals surface area contributed by atoms with Gasteiger partial charge in [-0.25, -0.2) is 4.79 Å². The van der Waals surface area contributed by atoms with Crippen molar-refractivity contribution in [1.29, 1.82) is 0 Å². The van der Waals surface area contributed by atoms with Gasteiger partial charge in [0.05, 0.1) is 5.92 Å². The highest BCUT2D eigenvalue weighted by Gasteiger charge is 2.57. The molecule has 2 aliphatic rings. The van der Waals surface area contributed by atoms with Crippen molar-refractivity contribution in [2.75, 3.05) is 13.1 Å². The summed E-state index contributed by atoms with van der Waals surface area (Å²) in [5, 5.41) is 9.03. The van der Waals surface area contributed by atoms with Gasteiger partial charge >= 0.3 is 12.1 Å². The first-order valence-corrected chi connectivity index (χ1v) is 6.85. The molecule has 1 saturated heterocycles. The van der Waals surface area contributed by atoms with Crippen LogP contribution >= 0.6 is 0 Å². The van der Waals surface area contributed by atoms with Crippen molar-refractivity contribution in [2.24, 2.45) is 17.8 Å². The molecule has 1 aliphatic heterocycles. The van der Waals surface area contributed by atoms with Gasteiger partial charge in [0, 0.05) is 13.1 Å². The van der Waals surface area contributed by atoms with Gasteiger partial charge in [0.15, 0.2) is 0 Å². The van der Waals surface area contributed by atoms with E-state index in [-0.39, 0.29) is 30.5 Å². The monoisotopic (exact) mass is 275 g/mol. The summed E-state index contributed by atoms with van der Waals surface area (Å²) in [6, 6.07) is 9.52. The second kappa shape index (κ2) is 5.15. The number of likely N-dealkylation sites (tertiary alicyclic amines) is 1. The number of aliphatic carboxylic acids is 1. The average molecular weight is 275 g/mol. The summed E-state index contributed by atoms with van der Waals surface area (Å²) in [5.41, 5.74) is 0.950. The van der Waals surface area contributed by atoms with Crippen LogP contribution < -0.4 is 0 Å². The van der Waals surface area contributed by atoms with Crippen molar-refractivity contribution in [1.82, 2.24) is 4.90 Å². The molecule has 2 unspecified atom stereocenters.